The Bertz CT molecular complexity index is 1030. The van der Waals surface area contributed by atoms with Gasteiger partial charge in [-0.15, -0.1) is 0 Å². The smallest absolute Gasteiger partial charge is 0.258 e. The van der Waals surface area contributed by atoms with E-state index in [4.69, 9.17) is 0 Å². The van der Waals surface area contributed by atoms with Gasteiger partial charge >= 0.3 is 0 Å². The first-order chi connectivity index (χ1) is 13.6. The maximum atomic E-state index is 13.3. The zero-order valence-corrected chi connectivity index (χ0v) is 17.4. The minimum absolute atomic E-state index is 0.0335. The van der Waals surface area contributed by atoms with Crippen LogP contribution in [0, 0.1) is 6.92 Å². The molecule has 0 bridgehead atoms. The number of nitrogens with zero attached hydrogens (tertiary/aromatic N) is 1. The first kappa shape index (κ1) is 20.2. The summed E-state index contributed by atoms with van der Waals surface area (Å²) in [6.45, 7) is 4.52. The summed E-state index contributed by atoms with van der Waals surface area (Å²) >= 11 is 1.68. The zero-order chi connectivity index (χ0) is 20.1. The number of rotatable bonds is 7. The molecule has 1 aromatic heterocycles. The van der Waals surface area contributed by atoms with E-state index in [-0.39, 0.29) is 17.5 Å². The molecule has 0 saturated carbocycles. The van der Waals surface area contributed by atoms with Crippen LogP contribution in [0.4, 0.5) is 0 Å². The summed E-state index contributed by atoms with van der Waals surface area (Å²) in [5.41, 5.74) is 2.36. The molecule has 0 saturated heterocycles. The van der Waals surface area contributed by atoms with Crippen LogP contribution in [0.15, 0.2) is 59.4 Å². The fourth-order valence-corrected chi connectivity index (χ4v) is 3.96. The van der Waals surface area contributed by atoms with E-state index in [1.54, 1.807) is 22.4 Å². The molecule has 0 fully saturated rings. The monoisotopic (exact) mass is 394 g/mol. The van der Waals surface area contributed by atoms with E-state index < -0.39 is 0 Å². The third kappa shape index (κ3) is 3.99. The molecular formula is C23H26N2O2S. The number of fused-ring (bicyclic) bond motifs is 1. The minimum Gasteiger partial charge on any atom is -0.345 e. The molecular weight excluding hydrogens is 368 g/mol. The minimum atomic E-state index is -0.137. The van der Waals surface area contributed by atoms with Gasteiger partial charge in [-0.25, -0.2) is 0 Å². The predicted octanol–water partition coefficient (Wildman–Crippen LogP) is 4.55. The highest BCUT2D eigenvalue weighted by molar-refractivity contribution is 7.98. The average Bonchev–Trinajstić information content (AvgIpc) is 2.72. The number of pyridine rings is 1. The van der Waals surface area contributed by atoms with Crippen molar-refractivity contribution in [1.82, 2.24) is 9.88 Å². The van der Waals surface area contributed by atoms with E-state index in [0.717, 1.165) is 23.4 Å². The van der Waals surface area contributed by atoms with Crippen LogP contribution in [-0.2, 0) is 6.54 Å². The van der Waals surface area contributed by atoms with Crippen molar-refractivity contribution in [3.8, 4) is 0 Å². The lowest BCUT2D eigenvalue weighted by Gasteiger charge is -2.21. The number of carbonyl (C=O) groups excluding carboxylic acids is 1. The normalized spacial score (nSPS) is 12.1. The summed E-state index contributed by atoms with van der Waals surface area (Å²) in [5.74, 6) is 0.684. The molecule has 1 amide bonds. The standard InChI is InChI=1S/C23H26N2O2S/c1-4-20(17-10-6-5-7-11-17)24-22(26)21-16(2)25(14-15-28-3)23(27)19-13-9-8-12-18(19)21/h5-13,20H,4,14-15H2,1-3H3,(H,24,26). The Kier molecular flexibility index (Phi) is 6.57. The van der Waals surface area contributed by atoms with E-state index >= 15 is 0 Å². The van der Waals surface area contributed by atoms with Crippen LogP contribution in [0.2, 0.25) is 0 Å². The number of hydrogen-bond donors (Lipinski definition) is 1. The molecule has 2 aromatic carbocycles. The van der Waals surface area contributed by atoms with Gasteiger partial charge in [0.2, 0.25) is 0 Å². The second-order valence-electron chi connectivity index (χ2n) is 6.80. The molecule has 5 heteroatoms. The van der Waals surface area contributed by atoms with Crippen LogP contribution in [0.1, 0.15) is 41.0 Å². The van der Waals surface area contributed by atoms with Gasteiger partial charge in [0.25, 0.3) is 11.5 Å². The Morgan fingerprint density at radius 3 is 2.36 bits per heavy atom. The van der Waals surface area contributed by atoms with Crippen molar-refractivity contribution in [2.75, 3.05) is 12.0 Å². The van der Waals surface area contributed by atoms with Gasteiger partial charge in [-0.2, -0.15) is 11.8 Å². The molecule has 3 rings (SSSR count). The third-order valence-corrected chi connectivity index (χ3v) is 5.69. The molecule has 0 aliphatic carbocycles. The van der Waals surface area contributed by atoms with Crippen LogP contribution in [0.25, 0.3) is 10.8 Å². The topological polar surface area (TPSA) is 51.1 Å². The lowest BCUT2D eigenvalue weighted by Crippen LogP contribution is -2.32. The number of aromatic nitrogens is 1. The van der Waals surface area contributed by atoms with Gasteiger partial charge in [-0.1, -0.05) is 55.5 Å². The lowest BCUT2D eigenvalue weighted by molar-refractivity contribution is 0.0935. The number of nitrogens with one attached hydrogen (secondary N) is 1. The summed E-state index contributed by atoms with van der Waals surface area (Å²) in [5, 5.41) is 4.48. The summed E-state index contributed by atoms with van der Waals surface area (Å²) in [6.07, 6.45) is 2.81. The number of carbonyl (C=O) groups is 1. The largest absolute Gasteiger partial charge is 0.345 e. The SMILES string of the molecule is CCC(NC(=O)c1c(C)n(CCSC)c(=O)c2ccccc12)c1ccccc1. The van der Waals surface area contributed by atoms with Crippen molar-refractivity contribution in [3.05, 3.63) is 81.8 Å². The Hall–Kier alpha value is -2.53. The second kappa shape index (κ2) is 9.11. The van der Waals surface area contributed by atoms with Crippen LogP contribution in [0.3, 0.4) is 0 Å². The molecule has 1 atom stereocenters. The summed E-state index contributed by atoms with van der Waals surface area (Å²) < 4.78 is 1.73. The number of hydrogen-bond acceptors (Lipinski definition) is 3. The fraction of sp³-hybridized carbons (Fsp3) is 0.304. The third-order valence-electron chi connectivity index (χ3n) is 5.10. The number of benzene rings is 2. The van der Waals surface area contributed by atoms with Gasteiger partial charge in [-0.3, -0.25) is 9.59 Å². The molecule has 0 aliphatic rings. The molecule has 1 unspecified atom stereocenters. The van der Waals surface area contributed by atoms with Gasteiger partial charge in [0.05, 0.1) is 11.6 Å². The molecule has 1 N–H and O–H groups in total. The quantitative estimate of drug-likeness (QED) is 0.639. The van der Waals surface area contributed by atoms with Crippen LogP contribution in [-0.4, -0.2) is 22.5 Å². The van der Waals surface area contributed by atoms with E-state index in [2.05, 4.69) is 12.2 Å². The zero-order valence-electron chi connectivity index (χ0n) is 16.6. The Labute approximate surface area is 170 Å². The molecule has 4 nitrogen and oxygen atoms in total. The summed E-state index contributed by atoms with van der Waals surface area (Å²) in [6, 6.07) is 17.3. The second-order valence-corrected chi connectivity index (χ2v) is 7.79. The maximum Gasteiger partial charge on any atom is 0.258 e. The molecule has 146 valence electrons. The van der Waals surface area contributed by atoms with E-state index in [1.807, 2.05) is 61.7 Å². The van der Waals surface area contributed by atoms with Gasteiger partial charge in [0.15, 0.2) is 0 Å². The van der Waals surface area contributed by atoms with Crippen LogP contribution in [0.5, 0.6) is 0 Å². The first-order valence-corrected chi connectivity index (χ1v) is 10.9. The first-order valence-electron chi connectivity index (χ1n) is 9.55. The molecule has 0 radical (unpaired) electrons. The molecule has 3 aromatic rings. The molecule has 0 aliphatic heterocycles. The molecule has 0 spiro atoms. The van der Waals surface area contributed by atoms with Gasteiger partial charge in [0.1, 0.15) is 0 Å². The van der Waals surface area contributed by atoms with E-state index in [0.29, 0.717) is 22.9 Å². The Morgan fingerprint density at radius 2 is 1.71 bits per heavy atom. The van der Waals surface area contributed by atoms with Crippen molar-refractivity contribution < 1.29 is 4.79 Å². The van der Waals surface area contributed by atoms with Gasteiger partial charge < -0.3 is 9.88 Å². The highest BCUT2D eigenvalue weighted by atomic mass is 32.2. The molecule has 1 heterocycles. The molecule has 28 heavy (non-hydrogen) atoms. The lowest BCUT2D eigenvalue weighted by atomic mass is 10.0. The average molecular weight is 395 g/mol. The predicted molar refractivity (Wildman–Crippen MR) is 118 cm³/mol. The van der Waals surface area contributed by atoms with Crippen molar-refractivity contribution >= 4 is 28.4 Å². The summed E-state index contributed by atoms with van der Waals surface area (Å²) in [7, 11) is 0. The van der Waals surface area contributed by atoms with Gasteiger partial charge in [0, 0.05) is 28.8 Å². The van der Waals surface area contributed by atoms with E-state index in [1.165, 1.54) is 0 Å². The highest BCUT2D eigenvalue weighted by Crippen LogP contribution is 2.22. The Morgan fingerprint density at radius 1 is 1.07 bits per heavy atom. The van der Waals surface area contributed by atoms with E-state index in [9.17, 15) is 9.59 Å². The van der Waals surface area contributed by atoms with Crippen molar-refractivity contribution in [1.29, 1.82) is 0 Å². The fourth-order valence-electron chi connectivity index (χ4n) is 3.59. The number of amides is 1. The van der Waals surface area contributed by atoms with Crippen LogP contribution >= 0.6 is 11.8 Å². The number of thioether (sulfide) groups is 1. The van der Waals surface area contributed by atoms with Gasteiger partial charge in [-0.05, 0) is 31.2 Å². The highest BCUT2D eigenvalue weighted by Gasteiger charge is 2.21. The Balaban J connectivity index is 2.08. The van der Waals surface area contributed by atoms with Crippen molar-refractivity contribution in [2.45, 2.75) is 32.9 Å². The summed E-state index contributed by atoms with van der Waals surface area (Å²) in [4.78, 5) is 26.3. The van der Waals surface area contributed by atoms with Crippen molar-refractivity contribution in [3.63, 3.8) is 0 Å². The maximum absolute atomic E-state index is 13.3. The van der Waals surface area contributed by atoms with Crippen LogP contribution < -0.4 is 10.9 Å². The van der Waals surface area contributed by atoms with Crippen molar-refractivity contribution in [2.24, 2.45) is 0 Å².